The fourth-order valence-electron chi connectivity index (χ4n) is 2.87. The lowest BCUT2D eigenvalue weighted by Crippen LogP contribution is -2.54. The zero-order valence-electron chi connectivity index (χ0n) is 16.5. The standard InChI is InChI=1S/C19H19N5O6/c1-11(25)20-12-4-6-13(7-5-12)21-16(26)10-23-17-14(30-19(2,3)18(23)27)8-9-15(22-17)24(28)29/h4-9H,10H2,1-3H3,(H,20,25)(H,21,26). The number of nitrogens with one attached hydrogen (secondary N) is 2. The number of benzene rings is 1. The van der Waals surface area contributed by atoms with Crippen molar-refractivity contribution in [2.75, 3.05) is 22.1 Å². The highest BCUT2D eigenvalue weighted by Crippen LogP contribution is 2.37. The molecule has 0 unspecified atom stereocenters. The SMILES string of the molecule is CC(=O)Nc1ccc(NC(=O)CN2C(=O)C(C)(C)Oc3ccc([N+](=O)[O-])nc32)cc1. The van der Waals surface area contributed by atoms with Crippen molar-refractivity contribution in [3.63, 3.8) is 0 Å². The van der Waals surface area contributed by atoms with Gasteiger partial charge in [0.05, 0.1) is 0 Å². The molecular formula is C19H19N5O6. The Labute approximate surface area is 171 Å². The van der Waals surface area contributed by atoms with Crippen molar-refractivity contribution in [2.45, 2.75) is 26.4 Å². The molecule has 1 aliphatic rings. The van der Waals surface area contributed by atoms with Crippen LogP contribution in [0.4, 0.5) is 23.0 Å². The van der Waals surface area contributed by atoms with E-state index in [1.54, 1.807) is 24.3 Å². The van der Waals surface area contributed by atoms with Gasteiger partial charge >= 0.3 is 5.82 Å². The van der Waals surface area contributed by atoms with Crippen LogP contribution in [0.1, 0.15) is 20.8 Å². The van der Waals surface area contributed by atoms with Gasteiger partial charge in [-0.25, -0.2) is 0 Å². The lowest BCUT2D eigenvalue weighted by atomic mass is 10.1. The average molecular weight is 413 g/mol. The van der Waals surface area contributed by atoms with Crippen molar-refractivity contribution in [3.8, 4) is 5.75 Å². The van der Waals surface area contributed by atoms with Crippen molar-refractivity contribution in [2.24, 2.45) is 0 Å². The second-order valence-corrected chi connectivity index (χ2v) is 7.06. The van der Waals surface area contributed by atoms with Gasteiger partial charge < -0.3 is 25.5 Å². The summed E-state index contributed by atoms with van der Waals surface area (Å²) in [5.74, 6) is -1.71. The Kier molecular flexibility index (Phi) is 5.37. The molecule has 3 rings (SSSR count). The zero-order valence-corrected chi connectivity index (χ0v) is 16.5. The normalized spacial score (nSPS) is 14.4. The van der Waals surface area contributed by atoms with E-state index in [9.17, 15) is 24.5 Å². The van der Waals surface area contributed by atoms with E-state index in [-0.39, 0.29) is 17.5 Å². The van der Waals surface area contributed by atoms with Crippen LogP contribution in [-0.4, -0.2) is 39.8 Å². The highest BCUT2D eigenvalue weighted by atomic mass is 16.6. The molecule has 0 saturated carbocycles. The van der Waals surface area contributed by atoms with Gasteiger partial charge in [0.2, 0.25) is 11.8 Å². The number of hydrogen-bond acceptors (Lipinski definition) is 7. The third-order valence-corrected chi connectivity index (χ3v) is 4.18. The Bertz CT molecular complexity index is 1030. The predicted octanol–water partition coefficient (Wildman–Crippen LogP) is 2.09. The fourth-order valence-corrected chi connectivity index (χ4v) is 2.87. The molecular weight excluding hydrogens is 394 g/mol. The van der Waals surface area contributed by atoms with Crippen LogP contribution in [0.5, 0.6) is 5.75 Å². The Balaban J connectivity index is 1.81. The zero-order chi connectivity index (χ0) is 22.1. The largest absolute Gasteiger partial charge is 0.472 e. The van der Waals surface area contributed by atoms with E-state index >= 15 is 0 Å². The maximum atomic E-state index is 12.8. The van der Waals surface area contributed by atoms with Gasteiger partial charge in [0.25, 0.3) is 11.7 Å². The van der Waals surface area contributed by atoms with E-state index < -0.39 is 34.7 Å². The van der Waals surface area contributed by atoms with Gasteiger partial charge in [0.15, 0.2) is 11.4 Å². The predicted molar refractivity (Wildman–Crippen MR) is 107 cm³/mol. The Hall–Kier alpha value is -4.02. The molecule has 3 amide bonds. The molecule has 1 aromatic carbocycles. The summed E-state index contributed by atoms with van der Waals surface area (Å²) in [6.45, 7) is 4.03. The lowest BCUT2D eigenvalue weighted by molar-refractivity contribution is -0.389. The van der Waals surface area contributed by atoms with E-state index in [0.29, 0.717) is 11.4 Å². The number of aromatic nitrogens is 1. The summed E-state index contributed by atoms with van der Waals surface area (Å²) in [6, 6.07) is 8.91. The van der Waals surface area contributed by atoms with Gasteiger partial charge in [-0.2, -0.15) is 0 Å². The molecule has 1 aromatic heterocycles. The van der Waals surface area contributed by atoms with Gasteiger partial charge in [0, 0.05) is 24.4 Å². The molecule has 30 heavy (non-hydrogen) atoms. The molecule has 0 saturated heterocycles. The fraction of sp³-hybridized carbons (Fsp3) is 0.263. The van der Waals surface area contributed by atoms with Gasteiger partial charge in [0.1, 0.15) is 6.54 Å². The number of nitro groups is 1. The molecule has 2 N–H and O–H groups in total. The summed E-state index contributed by atoms with van der Waals surface area (Å²) in [4.78, 5) is 51.7. The third kappa shape index (κ3) is 4.35. The van der Waals surface area contributed by atoms with Crippen molar-refractivity contribution in [1.29, 1.82) is 0 Å². The Morgan fingerprint density at radius 3 is 2.30 bits per heavy atom. The van der Waals surface area contributed by atoms with Gasteiger partial charge in [-0.3, -0.25) is 19.3 Å². The van der Waals surface area contributed by atoms with Crippen LogP contribution in [0.3, 0.4) is 0 Å². The molecule has 0 radical (unpaired) electrons. The summed E-state index contributed by atoms with van der Waals surface area (Å²) in [6.07, 6.45) is 0. The van der Waals surface area contributed by atoms with Gasteiger partial charge in [-0.15, -0.1) is 0 Å². The van der Waals surface area contributed by atoms with Crippen molar-refractivity contribution < 1.29 is 24.0 Å². The van der Waals surface area contributed by atoms with Gasteiger partial charge in [-0.05, 0) is 54.1 Å². The molecule has 0 bridgehead atoms. The molecule has 156 valence electrons. The summed E-state index contributed by atoms with van der Waals surface area (Å²) in [5.41, 5.74) is -0.261. The molecule has 11 heteroatoms. The number of anilines is 3. The van der Waals surface area contributed by atoms with Crippen molar-refractivity contribution >= 4 is 40.7 Å². The number of carbonyl (C=O) groups excluding carboxylic acids is 3. The first-order valence-electron chi connectivity index (χ1n) is 8.91. The van der Waals surface area contributed by atoms with Crippen LogP contribution >= 0.6 is 0 Å². The van der Waals surface area contributed by atoms with Gasteiger partial charge in [-0.1, -0.05) is 0 Å². The number of nitrogens with zero attached hydrogens (tertiary/aromatic N) is 3. The molecule has 0 spiro atoms. The number of hydrogen-bond donors (Lipinski definition) is 2. The van der Waals surface area contributed by atoms with E-state index in [1.807, 2.05) is 0 Å². The minimum Gasteiger partial charge on any atom is -0.472 e. The minimum absolute atomic E-state index is 0.0929. The molecule has 2 aromatic rings. The smallest absolute Gasteiger partial charge is 0.366 e. The maximum absolute atomic E-state index is 12.8. The first-order valence-corrected chi connectivity index (χ1v) is 8.91. The number of pyridine rings is 1. The van der Waals surface area contributed by atoms with Crippen molar-refractivity contribution in [1.82, 2.24) is 4.98 Å². The van der Waals surface area contributed by atoms with Crippen LogP contribution < -0.4 is 20.3 Å². The molecule has 1 aliphatic heterocycles. The van der Waals surface area contributed by atoms with E-state index in [2.05, 4.69) is 15.6 Å². The molecule has 0 atom stereocenters. The summed E-state index contributed by atoms with van der Waals surface area (Å²) in [5, 5.41) is 16.3. The second kappa shape index (κ2) is 7.78. The molecule has 0 fully saturated rings. The quantitative estimate of drug-likeness (QED) is 0.564. The molecule has 2 heterocycles. The molecule has 11 nitrogen and oxygen atoms in total. The second-order valence-electron chi connectivity index (χ2n) is 7.06. The van der Waals surface area contributed by atoms with Crippen LogP contribution in [0.25, 0.3) is 0 Å². The molecule has 0 aliphatic carbocycles. The average Bonchev–Trinajstić information content (AvgIpc) is 2.66. The first-order chi connectivity index (χ1) is 14.1. The van der Waals surface area contributed by atoms with E-state index in [1.165, 1.54) is 32.9 Å². The van der Waals surface area contributed by atoms with Crippen molar-refractivity contribution in [3.05, 3.63) is 46.5 Å². The number of ether oxygens (including phenoxy) is 1. The van der Waals surface area contributed by atoms with E-state index in [4.69, 9.17) is 4.74 Å². The number of fused-ring (bicyclic) bond motifs is 1. The third-order valence-electron chi connectivity index (χ3n) is 4.18. The number of rotatable bonds is 5. The Morgan fingerprint density at radius 1 is 1.13 bits per heavy atom. The summed E-state index contributed by atoms with van der Waals surface area (Å²) >= 11 is 0. The Morgan fingerprint density at radius 2 is 1.73 bits per heavy atom. The lowest BCUT2D eigenvalue weighted by Gasteiger charge is -2.35. The summed E-state index contributed by atoms with van der Waals surface area (Å²) in [7, 11) is 0. The monoisotopic (exact) mass is 413 g/mol. The highest BCUT2D eigenvalue weighted by Gasteiger charge is 2.45. The summed E-state index contributed by atoms with van der Waals surface area (Å²) < 4.78 is 5.60. The maximum Gasteiger partial charge on any atom is 0.366 e. The minimum atomic E-state index is -1.27. The number of amides is 3. The van der Waals surface area contributed by atoms with Crippen LogP contribution in [-0.2, 0) is 14.4 Å². The van der Waals surface area contributed by atoms with E-state index in [0.717, 1.165) is 4.90 Å². The number of carbonyl (C=O) groups is 3. The first kappa shape index (κ1) is 20.7. The highest BCUT2D eigenvalue weighted by molar-refractivity contribution is 6.07. The van der Waals surface area contributed by atoms with Crippen LogP contribution in [0.15, 0.2) is 36.4 Å². The van der Waals surface area contributed by atoms with Crippen LogP contribution in [0, 0.1) is 10.1 Å². The topological polar surface area (TPSA) is 144 Å². The van der Waals surface area contributed by atoms with Crippen LogP contribution in [0.2, 0.25) is 0 Å².